The van der Waals surface area contributed by atoms with Crippen LogP contribution in [-0.4, -0.2) is 50.7 Å². The second-order valence-electron chi connectivity index (χ2n) is 4.87. The minimum atomic E-state index is -0.315. The quantitative estimate of drug-likeness (QED) is 0.901. The third-order valence-corrected chi connectivity index (χ3v) is 3.42. The molecule has 3 rings (SSSR count). The summed E-state index contributed by atoms with van der Waals surface area (Å²) < 4.78 is 10.9. The number of nitrogens with one attached hydrogen (secondary N) is 1. The van der Waals surface area contributed by atoms with E-state index in [1.165, 1.54) is 6.39 Å². The number of aryl methyl sites for hydroxylation is 2. The van der Waals surface area contributed by atoms with Gasteiger partial charge in [0.2, 0.25) is 0 Å². The second-order valence-corrected chi connectivity index (χ2v) is 4.87. The number of H-pyrrole nitrogens is 1. The summed E-state index contributed by atoms with van der Waals surface area (Å²) in [6.45, 7) is 5.13. The van der Waals surface area contributed by atoms with Gasteiger partial charge in [-0.1, -0.05) is 6.92 Å². The zero-order chi connectivity index (χ0) is 14.8. The molecule has 112 valence electrons. The van der Waals surface area contributed by atoms with Crippen LogP contribution in [0.25, 0.3) is 0 Å². The van der Waals surface area contributed by atoms with Crippen molar-refractivity contribution in [3.63, 3.8) is 0 Å². The highest BCUT2D eigenvalue weighted by atomic mass is 16.5. The van der Waals surface area contributed by atoms with E-state index in [0.29, 0.717) is 43.4 Å². The summed E-state index contributed by atoms with van der Waals surface area (Å²) >= 11 is 0. The van der Waals surface area contributed by atoms with Crippen LogP contribution in [0.15, 0.2) is 10.8 Å². The largest absolute Gasteiger partial charge is 0.448 e. The van der Waals surface area contributed by atoms with Crippen molar-refractivity contribution in [1.82, 2.24) is 25.1 Å². The molecule has 1 fully saturated rings. The first-order chi connectivity index (χ1) is 10.2. The molecule has 1 aliphatic rings. The molecular weight excluding hydrogens is 274 g/mol. The Hall–Kier alpha value is -2.22. The van der Waals surface area contributed by atoms with Crippen LogP contribution in [-0.2, 0) is 11.2 Å². The fourth-order valence-corrected chi connectivity index (χ4v) is 2.34. The van der Waals surface area contributed by atoms with E-state index in [-0.39, 0.29) is 12.0 Å². The van der Waals surface area contributed by atoms with E-state index in [2.05, 4.69) is 20.2 Å². The molecule has 1 atom stereocenters. The predicted octanol–water partition coefficient (Wildman–Crippen LogP) is 0.877. The van der Waals surface area contributed by atoms with Gasteiger partial charge in [-0.2, -0.15) is 5.10 Å². The fraction of sp³-hybridized carbons (Fsp3) is 0.538. The number of aromatic nitrogens is 4. The molecule has 1 saturated heterocycles. The Balaban J connectivity index is 1.75. The van der Waals surface area contributed by atoms with Crippen LogP contribution in [0.5, 0.6) is 0 Å². The highest BCUT2D eigenvalue weighted by molar-refractivity contribution is 5.93. The minimum absolute atomic E-state index is 0.138. The number of morpholine rings is 1. The van der Waals surface area contributed by atoms with Crippen molar-refractivity contribution in [2.45, 2.75) is 26.4 Å². The average molecular weight is 291 g/mol. The number of nitrogens with zero attached hydrogens (tertiary/aromatic N) is 4. The normalized spacial score (nSPS) is 19.0. The third kappa shape index (κ3) is 2.66. The predicted molar refractivity (Wildman–Crippen MR) is 71.6 cm³/mol. The molecule has 0 radical (unpaired) electrons. The van der Waals surface area contributed by atoms with Gasteiger partial charge in [0.1, 0.15) is 17.7 Å². The van der Waals surface area contributed by atoms with Gasteiger partial charge < -0.3 is 14.1 Å². The molecule has 0 aliphatic carbocycles. The first-order valence-corrected chi connectivity index (χ1v) is 6.91. The highest BCUT2D eigenvalue weighted by Crippen LogP contribution is 2.21. The van der Waals surface area contributed by atoms with Gasteiger partial charge in [0.15, 0.2) is 17.9 Å². The Bertz CT molecular complexity index is 635. The second kappa shape index (κ2) is 5.65. The van der Waals surface area contributed by atoms with Gasteiger partial charge in [-0.15, -0.1) is 0 Å². The lowest BCUT2D eigenvalue weighted by Crippen LogP contribution is -2.43. The smallest absolute Gasteiger partial charge is 0.276 e. The monoisotopic (exact) mass is 291 g/mol. The van der Waals surface area contributed by atoms with E-state index in [4.69, 9.17) is 9.15 Å². The molecule has 1 amide bonds. The Morgan fingerprint density at radius 2 is 2.43 bits per heavy atom. The van der Waals surface area contributed by atoms with Gasteiger partial charge in [-0.05, 0) is 6.92 Å². The molecule has 0 bridgehead atoms. The van der Waals surface area contributed by atoms with Crippen molar-refractivity contribution in [3.05, 3.63) is 29.5 Å². The van der Waals surface area contributed by atoms with Crippen LogP contribution >= 0.6 is 0 Å². The Kier molecular flexibility index (Phi) is 3.70. The number of amides is 1. The van der Waals surface area contributed by atoms with Crippen LogP contribution in [0.2, 0.25) is 0 Å². The molecule has 2 aromatic heterocycles. The molecule has 2 aromatic rings. The zero-order valence-corrected chi connectivity index (χ0v) is 12.0. The number of rotatable bonds is 3. The van der Waals surface area contributed by atoms with E-state index in [9.17, 15) is 4.79 Å². The number of aromatic amines is 1. The number of hydrogen-bond acceptors (Lipinski definition) is 6. The Morgan fingerprint density at radius 3 is 3.14 bits per heavy atom. The molecular formula is C13H17N5O3. The van der Waals surface area contributed by atoms with E-state index in [0.717, 1.165) is 5.82 Å². The Morgan fingerprint density at radius 1 is 1.57 bits per heavy atom. The number of oxazole rings is 1. The number of carbonyl (C=O) groups is 1. The summed E-state index contributed by atoms with van der Waals surface area (Å²) in [6, 6.07) is 0. The number of hydrogen-bond donors (Lipinski definition) is 1. The first-order valence-electron chi connectivity index (χ1n) is 6.91. The maximum Gasteiger partial charge on any atom is 0.276 e. The van der Waals surface area contributed by atoms with E-state index < -0.39 is 0 Å². The van der Waals surface area contributed by atoms with E-state index in [1.54, 1.807) is 4.90 Å². The summed E-state index contributed by atoms with van der Waals surface area (Å²) in [6.07, 6.45) is 1.63. The topological polar surface area (TPSA) is 97.1 Å². The molecule has 0 spiro atoms. The lowest BCUT2D eigenvalue weighted by Gasteiger charge is -2.31. The molecule has 1 N–H and O–H groups in total. The first kappa shape index (κ1) is 13.7. The summed E-state index contributed by atoms with van der Waals surface area (Å²) in [5.41, 5.74) is 0.379. The zero-order valence-electron chi connectivity index (χ0n) is 12.0. The molecule has 0 saturated carbocycles. The van der Waals surface area contributed by atoms with Crippen LogP contribution in [0.1, 0.15) is 40.9 Å². The standard InChI is InChI=1S/C13H17N5O3/c1-3-9-11(14-7-21-9)13(19)18-4-5-20-10(6-18)12-15-8(2)16-17-12/h7,10H,3-6H2,1-2H3,(H,15,16,17)/t10-/m1/s1. The van der Waals surface area contributed by atoms with Crippen molar-refractivity contribution in [2.24, 2.45) is 0 Å². The van der Waals surface area contributed by atoms with Crippen molar-refractivity contribution in [1.29, 1.82) is 0 Å². The van der Waals surface area contributed by atoms with Gasteiger partial charge in [0.05, 0.1) is 13.2 Å². The lowest BCUT2D eigenvalue weighted by atomic mass is 10.2. The SMILES string of the molecule is CCc1ocnc1C(=O)N1CCO[C@@H](c2n[nH]c(C)n2)C1. The number of carbonyl (C=O) groups excluding carboxylic acids is 1. The summed E-state index contributed by atoms with van der Waals surface area (Å²) in [5, 5.41) is 6.88. The van der Waals surface area contributed by atoms with Crippen molar-refractivity contribution >= 4 is 5.91 Å². The van der Waals surface area contributed by atoms with Crippen LogP contribution < -0.4 is 0 Å². The molecule has 3 heterocycles. The van der Waals surface area contributed by atoms with Gasteiger partial charge in [-0.3, -0.25) is 9.89 Å². The lowest BCUT2D eigenvalue weighted by molar-refractivity contribution is -0.0269. The van der Waals surface area contributed by atoms with Gasteiger partial charge in [-0.25, -0.2) is 9.97 Å². The summed E-state index contributed by atoms with van der Waals surface area (Å²) in [7, 11) is 0. The summed E-state index contributed by atoms with van der Waals surface area (Å²) in [4.78, 5) is 22.5. The van der Waals surface area contributed by atoms with Crippen molar-refractivity contribution < 1.29 is 13.9 Å². The Labute approximate surface area is 121 Å². The van der Waals surface area contributed by atoms with Gasteiger partial charge in [0, 0.05) is 13.0 Å². The average Bonchev–Trinajstić information content (AvgIpc) is 3.15. The molecule has 0 unspecified atom stereocenters. The van der Waals surface area contributed by atoms with E-state index >= 15 is 0 Å². The summed E-state index contributed by atoms with van der Waals surface area (Å²) in [5.74, 6) is 1.76. The molecule has 8 nitrogen and oxygen atoms in total. The van der Waals surface area contributed by atoms with Gasteiger partial charge in [0.25, 0.3) is 5.91 Å². The number of ether oxygens (including phenoxy) is 1. The molecule has 1 aliphatic heterocycles. The fourth-order valence-electron chi connectivity index (χ4n) is 2.34. The minimum Gasteiger partial charge on any atom is -0.448 e. The van der Waals surface area contributed by atoms with Crippen LogP contribution in [0.3, 0.4) is 0 Å². The van der Waals surface area contributed by atoms with Gasteiger partial charge >= 0.3 is 0 Å². The van der Waals surface area contributed by atoms with Crippen molar-refractivity contribution in [3.8, 4) is 0 Å². The van der Waals surface area contributed by atoms with Crippen molar-refractivity contribution in [2.75, 3.05) is 19.7 Å². The molecule has 8 heteroatoms. The maximum atomic E-state index is 12.5. The van der Waals surface area contributed by atoms with Crippen LogP contribution in [0, 0.1) is 6.92 Å². The molecule has 0 aromatic carbocycles. The highest BCUT2D eigenvalue weighted by Gasteiger charge is 2.30. The van der Waals surface area contributed by atoms with Crippen LogP contribution in [0.4, 0.5) is 0 Å². The maximum absolute atomic E-state index is 12.5. The third-order valence-electron chi connectivity index (χ3n) is 3.42. The molecule has 21 heavy (non-hydrogen) atoms. The van der Waals surface area contributed by atoms with E-state index in [1.807, 2.05) is 13.8 Å².